The van der Waals surface area contributed by atoms with E-state index >= 15 is 0 Å². The van der Waals surface area contributed by atoms with Crippen LogP contribution in [0.4, 0.5) is 5.69 Å². The lowest BCUT2D eigenvalue weighted by molar-refractivity contribution is 0.0696. The number of sulfonamides is 1. The van der Waals surface area contributed by atoms with Gasteiger partial charge in [-0.25, -0.2) is 13.2 Å². The molecular formula is C16H16ClNO5S. The third kappa shape index (κ3) is 3.32. The maximum atomic E-state index is 12.6. The highest BCUT2D eigenvalue weighted by atomic mass is 35.5. The first kappa shape index (κ1) is 18.1. The standard InChI is InChI=1S/C16H16ClNO5S/c1-8-4-5-12(10(3)15(8)19)18-24(22,23)13-7-11(16(20)21)6-9(2)14(13)17/h4-7,18-19H,1-3H3,(H,20,21). The third-order valence-corrected chi connectivity index (χ3v) is 5.64. The molecule has 0 bridgehead atoms. The third-order valence-electron chi connectivity index (χ3n) is 3.63. The van der Waals surface area contributed by atoms with Gasteiger partial charge in [-0.05, 0) is 50.1 Å². The predicted octanol–water partition coefficient (Wildman–Crippen LogP) is 3.47. The molecule has 6 nitrogen and oxygen atoms in total. The number of hydrogen-bond donors (Lipinski definition) is 3. The van der Waals surface area contributed by atoms with E-state index in [1.807, 2.05) is 0 Å². The number of aromatic hydroxyl groups is 1. The Balaban J connectivity index is 2.56. The second-order valence-corrected chi connectivity index (χ2v) is 7.45. The molecule has 128 valence electrons. The molecule has 0 aliphatic rings. The van der Waals surface area contributed by atoms with Gasteiger partial charge in [0.25, 0.3) is 10.0 Å². The van der Waals surface area contributed by atoms with Crippen molar-refractivity contribution in [2.75, 3.05) is 4.72 Å². The number of carboxylic acid groups (broad SMARTS) is 1. The quantitative estimate of drug-likeness (QED) is 0.765. The summed E-state index contributed by atoms with van der Waals surface area (Å²) in [6.07, 6.45) is 0. The number of carbonyl (C=O) groups is 1. The van der Waals surface area contributed by atoms with E-state index in [-0.39, 0.29) is 26.9 Å². The normalized spacial score (nSPS) is 11.3. The highest BCUT2D eigenvalue weighted by Crippen LogP contribution is 2.32. The van der Waals surface area contributed by atoms with Gasteiger partial charge in [-0.2, -0.15) is 0 Å². The Bertz CT molecular complexity index is 938. The van der Waals surface area contributed by atoms with E-state index in [1.165, 1.54) is 19.1 Å². The Morgan fingerprint density at radius 2 is 1.75 bits per heavy atom. The molecule has 2 rings (SSSR count). The Labute approximate surface area is 144 Å². The summed E-state index contributed by atoms with van der Waals surface area (Å²) in [5, 5.41) is 19.0. The molecule has 3 N–H and O–H groups in total. The van der Waals surface area contributed by atoms with Crippen LogP contribution in [0.2, 0.25) is 5.02 Å². The number of rotatable bonds is 4. The first-order chi connectivity index (χ1) is 11.0. The average Bonchev–Trinajstić information content (AvgIpc) is 2.50. The molecule has 0 aliphatic carbocycles. The monoisotopic (exact) mass is 369 g/mol. The Kier molecular flexibility index (Phi) is 4.77. The summed E-state index contributed by atoms with van der Waals surface area (Å²) in [4.78, 5) is 10.8. The molecule has 0 unspecified atom stereocenters. The van der Waals surface area contributed by atoms with Crippen LogP contribution >= 0.6 is 11.6 Å². The number of nitrogens with one attached hydrogen (secondary N) is 1. The lowest BCUT2D eigenvalue weighted by Crippen LogP contribution is -2.16. The van der Waals surface area contributed by atoms with Gasteiger partial charge in [-0.3, -0.25) is 4.72 Å². The zero-order valence-corrected chi connectivity index (χ0v) is 14.8. The van der Waals surface area contributed by atoms with Crippen LogP contribution < -0.4 is 4.72 Å². The van der Waals surface area contributed by atoms with E-state index in [2.05, 4.69) is 4.72 Å². The highest BCUT2D eigenvalue weighted by molar-refractivity contribution is 7.92. The van der Waals surface area contributed by atoms with Crippen molar-refractivity contribution in [1.82, 2.24) is 0 Å². The second-order valence-electron chi connectivity index (χ2n) is 5.42. The number of carboxylic acids is 1. The van der Waals surface area contributed by atoms with Gasteiger partial charge in [-0.1, -0.05) is 17.7 Å². The van der Waals surface area contributed by atoms with E-state index in [0.717, 1.165) is 6.07 Å². The summed E-state index contributed by atoms with van der Waals surface area (Å²) in [6, 6.07) is 5.39. The van der Waals surface area contributed by atoms with Gasteiger partial charge in [-0.15, -0.1) is 0 Å². The van der Waals surface area contributed by atoms with Crippen molar-refractivity contribution in [2.24, 2.45) is 0 Å². The van der Waals surface area contributed by atoms with Crippen LogP contribution in [0.25, 0.3) is 0 Å². The van der Waals surface area contributed by atoms with Crippen molar-refractivity contribution in [2.45, 2.75) is 25.7 Å². The zero-order chi connectivity index (χ0) is 18.2. The maximum Gasteiger partial charge on any atom is 0.335 e. The van der Waals surface area contributed by atoms with E-state index in [4.69, 9.17) is 16.7 Å². The summed E-state index contributed by atoms with van der Waals surface area (Å²) in [7, 11) is -4.13. The fourth-order valence-electron chi connectivity index (χ4n) is 2.20. The van der Waals surface area contributed by atoms with Crippen LogP contribution in [0.5, 0.6) is 5.75 Å². The van der Waals surface area contributed by atoms with Crippen LogP contribution in [0.3, 0.4) is 0 Å². The zero-order valence-electron chi connectivity index (χ0n) is 13.2. The van der Waals surface area contributed by atoms with E-state index < -0.39 is 16.0 Å². The average molecular weight is 370 g/mol. The second kappa shape index (κ2) is 6.33. The molecular weight excluding hydrogens is 354 g/mol. The van der Waals surface area contributed by atoms with Crippen LogP contribution in [-0.2, 0) is 10.0 Å². The van der Waals surface area contributed by atoms with Crippen molar-refractivity contribution in [3.8, 4) is 5.75 Å². The van der Waals surface area contributed by atoms with E-state index in [0.29, 0.717) is 16.7 Å². The molecule has 0 amide bonds. The minimum Gasteiger partial charge on any atom is -0.507 e. The summed E-state index contributed by atoms with van der Waals surface area (Å²) >= 11 is 6.06. The number of anilines is 1. The molecule has 0 spiro atoms. The molecule has 24 heavy (non-hydrogen) atoms. The van der Waals surface area contributed by atoms with Crippen LogP contribution in [-0.4, -0.2) is 24.6 Å². The van der Waals surface area contributed by atoms with E-state index in [9.17, 15) is 18.3 Å². The summed E-state index contributed by atoms with van der Waals surface area (Å²) in [5.41, 5.74) is 1.31. The van der Waals surface area contributed by atoms with Gasteiger partial charge in [0.1, 0.15) is 10.6 Å². The fraction of sp³-hybridized carbons (Fsp3) is 0.188. The smallest absolute Gasteiger partial charge is 0.335 e. The number of phenolic OH excluding ortho intramolecular Hbond substituents is 1. The minimum atomic E-state index is -4.13. The van der Waals surface area contributed by atoms with E-state index in [1.54, 1.807) is 19.9 Å². The highest BCUT2D eigenvalue weighted by Gasteiger charge is 2.23. The lowest BCUT2D eigenvalue weighted by atomic mass is 10.1. The molecule has 0 aromatic heterocycles. The lowest BCUT2D eigenvalue weighted by Gasteiger charge is -2.15. The van der Waals surface area contributed by atoms with Crippen molar-refractivity contribution < 1.29 is 23.4 Å². The van der Waals surface area contributed by atoms with Gasteiger partial charge in [0.15, 0.2) is 0 Å². The Morgan fingerprint density at radius 1 is 1.12 bits per heavy atom. The number of aromatic carboxylic acids is 1. The van der Waals surface area contributed by atoms with Gasteiger partial charge in [0, 0.05) is 5.56 Å². The SMILES string of the molecule is Cc1ccc(NS(=O)(=O)c2cc(C(=O)O)cc(C)c2Cl)c(C)c1O. The van der Waals surface area contributed by atoms with Crippen molar-refractivity contribution in [1.29, 1.82) is 0 Å². The molecule has 8 heteroatoms. The number of benzene rings is 2. The summed E-state index contributed by atoms with van der Waals surface area (Å²) in [6.45, 7) is 4.79. The first-order valence-corrected chi connectivity index (χ1v) is 8.76. The Hall–Kier alpha value is -2.25. The maximum absolute atomic E-state index is 12.6. The minimum absolute atomic E-state index is 0.0169. The molecule has 0 atom stereocenters. The van der Waals surface area contributed by atoms with Gasteiger partial charge >= 0.3 is 5.97 Å². The molecule has 0 aliphatic heterocycles. The van der Waals surface area contributed by atoms with Crippen LogP contribution in [0, 0.1) is 20.8 Å². The fourth-order valence-corrected chi connectivity index (χ4v) is 3.92. The molecule has 2 aromatic rings. The molecule has 0 saturated heterocycles. The van der Waals surface area contributed by atoms with Crippen LogP contribution in [0.15, 0.2) is 29.2 Å². The van der Waals surface area contributed by atoms with Crippen LogP contribution in [0.1, 0.15) is 27.0 Å². The van der Waals surface area contributed by atoms with Gasteiger partial charge in [0.05, 0.1) is 16.3 Å². The number of halogens is 1. The summed E-state index contributed by atoms with van der Waals surface area (Å²) < 4.78 is 27.6. The molecule has 0 fully saturated rings. The predicted molar refractivity (Wildman–Crippen MR) is 91.5 cm³/mol. The number of hydrogen-bond acceptors (Lipinski definition) is 4. The van der Waals surface area contributed by atoms with Crippen molar-refractivity contribution in [3.05, 3.63) is 51.5 Å². The van der Waals surface area contributed by atoms with Crippen molar-refractivity contribution in [3.63, 3.8) is 0 Å². The largest absolute Gasteiger partial charge is 0.507 e. The van der Waals surface area contributed by atoms with Gasteiger partial charge in [0.2, 0.25) is 0 Å². The Morgan fingerprint density at radius 3 is 2.33 bits per heavy atom. The first-order valence-electron chi connectivity index (χ1n) is 6.90. The molecule has 2 aromatic carbocycles. The topological polar surface area (TPSA) is 104 Å². The summed E-state index contributed by atoms with van der Waals surface area (Å²) in [5.74, 6) is -1.27. The number of phenols is 1. The molecule has 0 heterocycles. The number of aryl methyl sites for hydroxylation is 2. The van der Waals surface area contributed by atoms with Crippen molar-refractivity contribution >= 4 is 33.3 Å². The molecule has 0 radical (unpaired) electrons. The van der Waals surface area contributed by atoms with Gasteiger partial charge < -0.3 is 10.2 Å². The molecule has 0 saturated carbocycles.